The Hall–Kier alpha value is -1.95. The van der Waals surface area contributed by atoms with Crippen molar-refractivity contribution in [3.05, 3.63) is 39.7 Å². The summed E-state index contributed by atoms with van der Waals surface area (Å²) in [6.07, 6.45) is 1.61. The number of benzene rings is 1. The summed E-state index contributed by atoms with van der Waals surface area (Å²) in [6, 6.07) is 4.75. The standard InChI is InChI=1S/C13H14ClN3O3/c1-3-4-10(14)12-15-13(20-16-12)9-7-8(2)5-6-11(9)17(18)19/h5-7,10H,3-4H2,1-2H3. The van der Waals surface area contributed by atoms with E-state index in [4.69, 9.17) is 16.1 Å². The molecule has 0 aliphatic rings. The van der Waals surface area contributed by atoms with Crippen LogP contribution in [0, 0.1) is 17.0 Å². The summed E-state index contributed by atoms with van der Waals surface area (Å²) >= 11 is 6.12. The van der Waals surface area contributed by atoms with Crippen LogP contribution in [0.5, 0.6) is 0 Å². The molecule has 0 aliphatic carbocycles. The fourth-order valence-corrected chi connectivity index (χ4v) is 2.14. The molecule has 106 valence electrons. The Morgan fingerprint density at radius 3 is 2.90 bits per heavy atom. The van der Waals surface area contributed by atoms with Crippen LogP contribution in [0.2, 0.25) is 0 Å². The van der Waals surface area contributed by atoms with Crippen molar-refractivity contribution in [2.45, 2.75) is 32.1 Å². The van der Waals surface area contributed by atoms with Gasteiger partial charge in [0, 0.05) is 6.07 Å². The van der Waals surface area contributed by atoms with Gasteiger partial charge < -0.3 is 4.52 Å². The monoisotopic (exact) mass is 295 g/mol. The number of hydrogen-bond acceptors (Lipinski definition) is 5. The van der Waals surface area contributed by atoms with E-state index in [0.717, 1.165) is 18.4 Å². The Kier molecular flexibility index (Phi) is 4.34. The maximum absolute atomic E-state index is 11.0. The SMILES string of the molecule is CCCC(Cl)c1noc(-c2cc(C)ccc2[N+](=O)[O-])n1. The van der Waals surface area contributed by atoms with Gasteiger partial charge in [0.2, 0.25) is 0 Å². The molecule has 0 saturated carbocycles. The van der Waals surface area contributed by atoms with Crippen molar-refractivity contribution in [2.24, 2.45) is 0 Å². The van der Waals surface area contributed by atoms with Gasteiger partial charge in [-0.2, -0.15) is 4.98 Å². The van der Waals surface area contributed by atoms with Gasteiger partial charge in [0.1, 0.15) is 5.56 Å². The molecular weight excluding hydrogens is 282 g/mol. The van der Waals surface area contributed by atoms with E-state index in [1.54, 1.807) is 12.1 Å². The summed E-state index contributed by atoms with van der Waals surface area (Å²) in [5, 5.41) is 14.5. The highest BCUT2D eigenvalue weighted by Crippen LogP contribution is 2.31. The van der Waals surface area contributed by atoms with Crippen LogP contribution in [0.4, 0.5) is 5.69 Å². The summed E-state index contributed by atoms with van der Waals surface area (Å²) in [6.45, 7) is 3.84. The fraction of sp³-hybridized carbons (Fsp3) is 0.385. The molecule has 0 aliphatic heterocycles. The Morgan fingerprint density at radius 2 is 2.25 bits per heavy atom. The average molecular weight is 296 g/mol. The van der Waals surface area contributed by atoms with Crippen LogP contribution in [0.3, 0.4) is 0 Å². The van der Waals surface area contributed by atoms with Gasteiger partial charge in [0.15, 0.2) is 5.82 Å². The predicted octanol–water partition coefficient (Wildman–Crippen LogP) is 4.03. The van der Waals surface area contributed by atoms with Crippen molar-refractivity contribution in [3.63, 3.8) is 0 Å². The van der Waals surface area contributed by atoms with E-state index >= 15 is 0 Å². The van der Waals surface area contributed by atoms with E-state index in [0.29, 0.717) is 11.4 Å². The van der Waals surface area contributed by atoms with Gasteiger partial charge in [-0.05, 0) is 25.0 Å². The quantitative estimate of drug-likeness (QED) is 0.472. The van der Waals surface area contributed by atoms with Crippen molar-refractivity contribution >= 4 is 17.3 Å². The van der Waals surface area contributed by atoms with Crippen molar-refractivity contribution in [3.8, 4) is 11.5 Å². The van der Waals surface area contributed by atoms with Crippen molar-refractivity contribution in [1.82, 2.24) is 10.1 Å². The maximum Gasteiger partial charge on any atom is 0.282 e. The number of hydrogen-bond donors (Lipinski definition) is 0. The number of alkyl halides is 1. The van der Waals surface area contributed by atoms with E-state index in [-0.39, 0.29) is 17.0 Å². The third-order valence-corrected chi connectivity index (χ3v) is 3.26. The van der Waals surface area contributed by atoms with Gasteiger partial charge in [0.05, 0.1) is 10.3 Å². The second-order valence-corrected chi connectivity index (χ2v) is 5.02. The zero-order valence-electron chi connectivity index (χ0n) is 11.2. The van der Waals surface area contributed by atoms with Crippen molar-refractivity contribution < 1.29 is 9.45 Å². The number of aryl methyl sites for hydroxylation is 1. The normalized spacial score (nSPS) is 12.3. The van der Waals surface area contributed by atoms with Crippen molar-refractivity contribution in [2.75, 3.05) is 0 Å². The number of nitro benzene ring substituents is 1. The molecule has 0 fully saturated rings. The summed E-state index contributed by atoms with van der Waals surface area (Å²) < 4.78 is 5.11. The van der Waals surface area contributed by atoms with E-state index in [2.05, 4.69) is 10.1 Å². The highest BCUT2D eigenvalue weighted by molar-refractivity contribution is 6.20. The molecule has 0 saturated heterocycles. The topological polar surface area (TPSA) is 82.1 Å². The molecule has 2 aromatic rings. The van der Waals surface area contributed by atoms with Crippen LogP contribution in [-0.4, -0.2) is 15.1 Å². The molecule has 2 rings (SSSR count). The largest absolute Gasteiger partial charge is 0.334 e. The minimum absolute atomic E-state index is 0.0626. The molecule has 0 N–H and O–H groups in total. The smallest absolute Gasteiger partial charge is 0.282 e. The van der Waals surface area contributed by atoms with Gasteiger partial charge in [-0.15, -0.1) is 11.6 Å². The van der Waals surface area contributed by atoms with E-state index in [1.165, 1.54) is 6.07 Å². The summed E-state index contributed by atoms with van der Waals surface area (Å²) in [5.41, 5.74) is 1.13. The van der Waals surface area contributed by atoms with E-state index in [1.807, 2.05) is 13.8 Å². The molecule has 1 heterocycles. The molecule has 1 aromatic carbocycles. The highest BCUT2D eigenvalue weighted by atomic mass is 35.5. The van der Waals surface area contributed by atoms with Crippen LogP contribution in [0.25, 0.3) is 11.5 Å². The lowest BCUT2D eigenvalue weighted by Crippen LogP contribution is -1.94. The second-order valence-electron chi connectivity index (χ2n) is 4.49. The Balaban J connectivity index is 2.41. The fourth-order valence-electron chi connectivity index (χ4n) is 1.83. The minimum Gasteiger partial charge on any atom is -0.334 e. The Bertz CT molecular complexity index is 627. The number of halogens is 1. The molecule has 1 atom stereocenters. The molecule has 0 bridgehead atoms. The van der Waals surface area contributed by atoms with Gasteiger partial charge in [-0.1, -0.05) is 24.6 Å². The van der Waals surface area contributed by atoms with Crippen LogP contribution >= 0.6 is 11.6 Å². The van der Waals surface area contributed by atoms with Crippen LogP contribution in [-0.2, 0) is 0 Å². The van der Waals surface area contributed by atoms with Gasteiger partial charge in [0.25, 0.3) is 11.6 Å². The zero-order chi connectivity index (χ0) is 14.7. The average Bonchev–Trinajstić information content (AvgIpc) is 2.88. The summed E-state index contributed by atoms with van der Waals surface area (Å²) in [7, 11) is 0. The highest BCUT2D eigenvalue weighted by Gasteiger charge is 2.22. The van der Waals surface area contributed by atoms with Gasteiger partial charge in [-0.25, -0.2) is 0 Å². The molecule has 0 amide bonds. The zero-order valence-corrected chi connectivity index (χ0v) is 11.9. The lowest BCUT2D eigenvalue weighted by molar-refractivity contribution is -0.384. The first-order chi connectivity index (χ1) is 9.52. The van der Waals surface area contributed by atoms with Gasteiger partial charge >= 0.3 is 0 Å². The molecule has 1 unspecified atom stereocenters. The summed E-state index contributed by atoms with van der Waals surface area (Å²) in [4.78, 5) is 14.7. The number of nitrogens with zero attached hydrogens (tertiary/aromatic N) is 3. The van der Waals surface area contributed by atoms with Crippen LogP contribution < -0.4 is 0 Å². The lowest BCUT2D eigenvalue weighted by atomic mass is 10.1. The molecule has 7 heteroatoms. The van der Waals surface area contributed by atoms with E-state index < -0.39 is 4.92 Å². The van der Waals surface area contributed by atoms with Gasteiger partial charge in [-0.3, -0.25) is 10.1 Å². The maximum atomic E-state index is 11.0. The minimum atomic E-state index is -0.469. The first-order valence-electron chi connectivity index (χ1n) is 6.26. The van der Waals surface area contributed by atoms with E-state index in [9.17, 15) is 10.1 Å². The molecule has 20 heavy (non-hydrogen) atoms. The third kappa shape index (κ3) is 2.96. The number of nitro groups is 1. The molecule has 6 nitrogen and oxygen atoms in total. The first kappa shape index (κ1) is 14.5. The Labute approximate surface area is 120 Å². The second kappa shape index (κ2) is 6.00. The third-order valence-electron chi connectivity index (χ3n) is 2.84. The van der Waals surface area contributed by atoms with Crippen LogP contribution in [0.15, 0.2) is 22.7 Å². The first-order valence-corrected chi connectivity index (χ1v) is 6.69. The Morgan fingerprint density at radius 1 is 1.50 bits per heavy atom. The summed E-state index contributed by atoms with van der Waals surface area (Å²) in [5.74, 6) is 0.483. The molecular formula is C13H14ClN3O3. The molecule has 1 aromatic heterocycles. The number of aromatic nitrogens is 2. The van der Waals surface area contributed by atoms with Crippen LogP contribution in [0.1, 0.15) is 36.5 Å². The molecule has 0 radical (unpaired) electrons. The predicted molar refractivity (Wildman–Crippen MR) is 74.6 cm³/mol. The number of rotatable bonds is 5. The molecule has 0 spiro atoms. The lowest BCUT2D eigenvalue weighted by Gasteiger charge is -2.00. The van der Waals surface area contributed by atoms with Crippen molar-refractivity contribution in [1.29, 1.82) is 0 Å².